The van der Waals surface area contributed by atoms with E-state index in [1.54, 1.807) is 0 Å². The third kappa shape index (κ3) is 3.48. The molecule has 2 aromatic carbocycles. The second kappa shape index (κ2) is 5.75. The van der Waals surface area contributed by atoms with Gasteiger partial charge in [-0.05, 0) is 42.9 Å². The number of hydrogen-bond acceptors (Lipinski definition) is 1. The van der Waals surface area contributed by atoms with Crippen LogP contribution < -0.4 is 10.6 Å². The zero-order valence-electron chi connectivity index (χ0n) is 10.2. The van der Waals surface area contributed by atoms with Gasteiger partial charge >= 0.3 is 0 Å². The first-order valence-corrected chi connectivity index (χ1v) is 6.06. The zero-order chi connectivity index (χ0) is 13.8. The highest BCUT2D eigenvalue weighted by molar-refractivity contribution is 7.80. The number of thiocarbonyl (C=S) groups is 1. The average molecular weight is 278 g/mol. The lowest BCUT2D eigenvalue weighted by Gasteiger charge is -2.12. The Morgan fingerprint density at radius 1 is 1.00 bits per heavy atom. The monoisotopic (exact) mass is 278 g/mol. The van der Waals surface area contributed by atoms with E-state index in [4.69, 9.17) is 12.2 Å². The van der Waals surface area contributed by atoms with Crippen LogP contribution in [0.3, 0.4) is 0 Å². The molecule has 0 radical (unpaired) electrons. The summed E-state index contributed by atoms with van der Waals surface area (Å²) >= 11 is 5.12. The SMILES string of the molecule is Cc1ccccc1NC(=S)Nc1ccc(F)c(F)c1. The molecule has 0 heterocycles. The normalized spacial score (nSPS) is 10.1. The van der Waals surface area contributed by atoms with Gasteiger partial charge in [0, 0.05) is 17.4 Å². The Hall–Kier alpha value is -2.01. The minimum absolute atomic E-state index is 0.320. The van der Waals surface area contributed by atoms with Crippen molar-refractivity contribution < 1.29 is 8.78 Å². The molecule has 0 aliphatic rings. The van der Waals surface area contributed by atoms with Crippen molar-refractivity contribution in [2.45, 2.75) is 6.92 Å². The molecule has 0 aromatic heterocycles. The molecule has 0 amide bonds. The van der Waals surface area contributed by atoms with Crippen LogP contribution in [-0.4, -0.2) is 5.11 Å². The lowest BCUT2D eigenvalue weighted by molar-refractivity contribution is 0.509. The molecule has 0 fully saturated rings. The van der Waals surface area contributed by atoms with E-state index >= 15 is 0 Å². The van der Waals surface area contributed by atoms with Crippen molar-refractivity contribution in [3.8, 4) is 0 Å². The molecule has 0 unspecified atom stereocenters. The van der Waals surface area contributed by atoms with Crippen LogP contribution in [0.5, 0.6) is 0 Å². The highest BCUT2D eigenvalue weighted by Crippen LogP contribution is 2.16. The molecule has 0 aliphatic carbocycles. The van der Waals surface area contributed by atoms with Gasteiger partial charge in [-0.3, -0.25) is 0 Å². The van der Waals surface area contributed by atoms with Gasteiger partial charge in [0.15, 0.2) is 16.7 Å². The molecular formula is C14H12F2N2S. The summed E-state index contributed by atoms with van der Waals surface area (Å²) in [7, 11) is 0. The lowest BCUT2D eigenvalue weighted by Crippen LogP contribution is -2.19. The molecule has 0 saturated heterocycles. The largest absolute Gasteiger partial charge is 0.332 e. The van der Waals surface area contributed by atoms with Gasteiger partial charge in [-0.2, -0.15) is 0 Å². The molecule has 5 heteroatoms. The van der Waals surface area contributed by atoms with E-state index in [0.29, 0.717) is 10.8 Å². The Morgan fingerprint density at radius 3 is 2.42 bits per heavy atom. The van der Waals surface area contributed by atoms with Gasteiger partial charge in [-0.15, -0.1) is 0 Å². The summed E-state index contributed by atoms with van der Waals surface area (Å²) in [5.41, 5.74) is 2.30. The second-order valence-electron chi connectivity index (χ2n) is 4.02. The molecule has 0 spiro atoms. The fourth-order valence-electron chi connectivity index (χ4n) is 1.57. The number of hydrogen-bond donors (Lipinski definition) is 2. The van der Waals surface area contributed by atoms with Crippen LogP contribution in [0.25, 0.3) is 0 Å². The Labute approximate surface area is 115 Å². The molecule has 19 heavy (non-hydrogen) atoms. The predicted molar refractivity (Wildman–Crippen MR) is 77.4 cm³/mol. The molecule has 2 rings (SSSR count). The van der Waals surface area contributed by atoms with Crippen molar-refractivity contribution in [3.63, 3.8) is 0 Å². The summed E-state index contributed by atoms with van der Waals surface area (Å²) in [5.74, 6) is -1.80. The Balaban J connectivity index is 2.05. The van der Waals surface area contributed by atoms with Crippen molar-refractivity contribution in [1.29, 1.82) is 0 Å². The summed E-state index contributed by atoms with van der Waals surface area (Å²) in [4.78, 5) is 0. The van der Waals surface area contributed by atoms with Gasteiger partial charge in [0.25, 0.3) is 0 Å². The number of para-hydroxylation sites is 1. The third-order valence-corrected chi connectivity index (χ3v) is 2.77. The Kier molecular flexibility index (Phi) is 4.06. The van der Waals surface area contributed by atoms with E-state index in [9.17, 15) is 8.78 Å². The fourth-order valence-corrected chi connectivity index (χ4v) is 1.80. The second-order valence-corrected chi connectivity index (χ2v) is 4.43. The maximum Gasteiger partial charge on any atom is 0.175 e. The van der Waals surface area contributed by atoms with Crippen LogP contribution in [0.2, 0.25) is 0 Å². The van der Waals surface area contributed by atoms with E-state index in [2.05, 4.69) is 10.6 Å². The Morgan fingerprint density at radius 2 is 1.74 bits per heavy atom. The Bertz CT molecular complexity index is 614. The van der Waals surface area contributed by atoms with E-state index < -0.39 is 11.6 Å². The smallest absolute Gasteiger partial charge is 0.175 e. The summed E-state index contributed by atoms with van der Waals surface area (Å²) in [6.45, 7) is 1.95. The topological polar surface area (TPSA) is 24.1 Å². The van der Waals surface area contributed by atoms with Crippen LogP contribution in [-0.2, 0) is 0 Å². The van der Waals surface area contributed by atoms with E-state index in [-0.39, 0.29) is 0 Å². The van der Waals surface area contributed by atoms with Crippen molar-refractivity contribution in [1.82, 2.24) is 0 Å². The molecule has 0 saturated carbocycles. The number of benzene rings is 2. The van der Waals surface area contributed by atoms with Crippen LogP contribution >= 0.6 is 12.2 Å². The molecule has 0 bridgehead atoms. The minimum Gasteiger partial charge on any atom is -0.332 e. The molecule has 2 aromatic rings. The first kappa shape index (κ1) is 13.4. The first-order valence-electron chi connectivity index (χ1n) is 5.65. The third-order valence-electron chi connectivity index (χ3n) is 2.57. The highest BCUT2D eigenvalue weighted by atomic mass is 32.1. The van der Waals surface area contributed by atoms with Crippen molar-refractivity contribution in [3.05, 3.63) is 59.7 Å². The van der Waals surface area contributed by atoms with E-state index in [1.165, 1.54) is 6.07 Å². The van der Waals surface area contributed by atoms with Gasteiger partial charge in [-0.25, -0.2) is 8.78 Å². The van der Waals surface area contributed by atoms with E-state index in [0.717, 1.165) is 23.4 Å². The van der Waals surface area contributed by atoms with Gasteiger partial charge in [0.1, 0.15) is 0 Å². The van der Waals surface area contributed by atoms with Crippen LogP contribution in [0.4, 0.5) is 20.2 Å². The average Bonchev–Trinajstić information content (AvgIpc) is 2.37. The molecular weight excluding hydrogens is 266 g/mol. The summed E-state index contributed by atoms with van der Waals surface area (Å²) in [5, 5.41) is 6.12. The predicted octanol–water partition coefficient (Wildman–Crippen LogP) is 4.08. The standard InChI is InChI=1S/C14H12F2N2S/c1-9-4-2-3-5-13(9)18-14(19)17-10-6-7-11(15)12(16)8-10/h2-8H,1H3,(H2,17,18,19). The summed E-state index contributed by atoms with van der Waals surface area (Å²) in [6.07, 6.45) is 0. The maximum atomic E-state index is 13.0. The van der Waals surface area contributed by atoms with Crippen LogP contribution in [0, 0.1) is 18.6 Å². The van der Waals surface area contributed by atoms with Crippen molar-refractivity contribution in [2.75, 3.05) is 10.6 Å². The van der Waals surface area contributed by atoms with Gasteiger partial charge in [-0.1, -0.05) is 18.2 Å². The van der Waals surface area contributed by atoms with Gasteiger partial charge in [0.05, 0.1) is 0 Å². The van der Waals surface area contributed by atoms with Crippen LogP contribution in [0.15, 0.2) is 42.5 Å². The highest BCUT2D eigenvalue weighted by Gasteiger charge is 2.05. The van der Waals surface area contributed by atoms with Crippen molar-refractivity contribution in [2.24, 2.45) is 0 Å². The fraction of sp³-hybridized carbons (Fsp3) is 0.0714. The molecule has 98 valence electrons. The molecule has 2 nitrogen and oxygen atoms in total. The number of anilines is 2. The summed E-state index contributed by atoms with van der Waals surface area (Å²) < 4.78 is 25.8. The van der Waals surface area contributed by atoms with Crippen LogP contribution in [0.1, 0.15) is 5.56 Å². The maximum absolute atomic E-state index is 13.0. The van der Waals surface area contributed by atoms with Gasteiger partial charge < -0.3 is 10.6 Å². The van der Waals surface area contributed by atoms with E-state index in [1.807, 2.05) is 31.2 Å². The molecule has 0 aliphatic heterocycles. The zero-order valence-corrected chi connectivity index (χ0v) is 11.0. The molecule has 2 N–H and O–H groups in total. The number of nitrogens with one attached hydrogen (secondary N) is 2. The first-order chi connectivity index (χ1) is 9.06. The quantitative estimate of drug-likeness (QED) is 0.809. The number of rotatable bonds is 2. The van der Waals surface area contributed by atoms with Gasteiger partial charge in [0.2, 0.25) is 0 Å². The summed E-state index contributed by atoms with van der Waals surface area (Å²) in [6, 6.07) is 11.2. The number of aryl methyl sites for hydroxylation is 1. The van der Waals surface area contributed by atoms with Crippen molar-refractivity contribution >= 4 is 28.7 Å². The lowest BCUT2D eigenvalue weighted by atomic mass is 10.2. The minimum atomic E-state index is -0.913. The molecule has 0 atom stereocenters. The number of halogens is 2.